The van der Waals surface area contributed by atoms with Crippen molar-refractivity contribution in [1.29, 1.82) is 0 Å². The number of nitrogens with zero attached hydrogens (tertiary/aromatic N) is 4. The molecule has 5 nitrogen and oxygen atoms in total. The van der Waals surface area contributed by atoms with Crippen LogP contribution in [0.5, 0.6) is 0 Å². The molecular formula is C19H15N5S2. The van der Waals surface area contributed by atoms with Gasteiger partial charge in [0.2, 0.25) is 0 Å². The summed E-state index contributed by atoms with van der Waals surface area (Å²) in [6, 6.07) is 9.76. The predicted octanol–water partition coefficient (Wildman–Crippen LogP) is 4.63. The molecule has 0 unspecified atom stereocenters. The van der Waals surface area contributed by atoms with Gasteiger partial charge < -0.3 is 5.73 Å². The normalized spacial score (nSPS) is 10.8. The highest BCUT2D eigenvalue weighted by Crippen LogP contribution is 2.36. The molecule has 0 saturated carbocycles. The van der Waals surface area contributed by atoms with Gasteiger partial charge in [-0.2, -0.15) is 0 Å². The number of hydrogen-bond donors (Lipinski definition) is 1. The zero-order valence-electron chi connectivity index (χ0n) is 14.0. The lowest BCUT2D eigenvalue weighted by atomic mass is 10.0. The maximum absolute atomic E-state index is 5.95. The van der Waals surface area contributed by atoms with Crippen molar-refractivity contribution in [2.75, 3.05) is 12.0 Å². The van der Waals surface area contributed by atoms with E-state index in [0.29, 0.717) is 5.82 Å². The van der Waals surface area contributed by atoms with Crippen molar-refractivity contribution in [2.24, 2.45) is 0 Å². The second-order valence-corrected chi connectivity index (χ2v) is 7.26. The van der Waals surface area contributed by atoms with Crippen LogP contribution in [-0.4, -0.2) is 26.2 Å². The SMILES string of the molecule is CSc1cncc(-c2cnc(N)cc2-c2nc(-c3ccccn3)cs2)c1. The van der Waals surface area contributed by atoms with Crippen molar-refractivity contribution < 1.29 is 0 Å². The molecule has 4 aromatic rings. The van der Waals surface area contributed by atoms with Crippen LogP contribution < -0.4 is 5.73 Å². The molecule has 4 rings (SSSR count). The summed E-state index contributed by atoms with van der Waals surface area (Å²) in [6.45, 7) is 0. The first kappa shape index (κ1) is 16.7. The molecule has 4 aromatic heterocycles. The minimum atomic E-state index is 0.465. The number of rotatable bonds is 4. The van der Waals surface area contributed by atoms with Gasteiger partial charge in [-0.3, -0.25) is 9.97 Å². The minimum Gasteiger partial charge on any atom is -0.384 e. The summed E-state index contributed by atoms with van der Waals surface area (Å²) >= 11 is 3.22. The smallest absolute Gasteiger partial charge is 0.124 e. The highest BCUT2D eigenvalue weighted by atomic mass is 32.2. The summed E-state index contributed by atoms with van der Waals surface area (Å²) in [5.74, 6) is 0.465. The number of pyridine rings is 3. The molecule has 0 aromatic carbocycles. The maximum Gasteiger partial charge on any atom is 0.124 e. The first-order chi connectivity index (χ1) is 12.7. The third-order valence-corrected chi connectivity index (χ3v) is 5.42. The van der Waals surface area contributed by atoms with Crippen LogP contribution in [-0.2, 0) is 0 Å². The summed E-state index contributed by atoms with van der Waals surface area (Å²) in [4.78, 5) is 18.8. The van der Waals surface area contributed by atoms with E-state index in [1.165, 1.54) is 0 Å². The Kier molecular flexibility index (Phi) is 4.64. The van der Waals surface area contributed by atoms with E-state index in [-0.39, 0.29) is 0 Å². The van der Waals surface area contributed by atoms with Gasteiger partial charge in [-0.15, -0.1) is 23.1 Å². The third-order valence-electron chi connectivity index (χ3n) is 3.85. The zero-order valence-corrected chi connectivity index (χ0v) is 15.6. The van der Waals surface area contributed by atoms with Gasteiger partial charge in [0.25, 0.3) is 0 Å². The summed E-state index contributed by atoms with van der Waals surface area (Å²) in [6.07, 6.45) is 9.27. The average molecular weight is 377 g/mol. The number of thioether (sulfide) groups is 1. The fourth-order valence-electron chi connectivity index (χ4n) is 2.59. The quantitative estimate of drug-likeness (QED) is 0.522. The van der Waals surface area contributed by atoms with Crippen molar-refractivity contribution in [3.05, 3.63) is 60.5 Å². The Balaban J connectivity index is 1.82. The maximum atomic E-state index is 5.95. The first-order valence-corrected chi connectivity index (χ1v) is 9.97. The number of aromatic nitrogens is 4. The Bertz CT molecular complexity index is 1050. The van der Waals surface area contributed by atoms with Crippen LogP contribution in [0.4, 0.5) is 5.82 Å². The fourth-order valence-corrected chi connectivity index (χ4v) is 3.84. The molecule has 0 bridgehead atoms. The molecule has 0 amide bonds. The topological polar surface area (TPSA) is 77.6 Å². The molecule has 0 atom stereocenters. The second-order valence-electron chi connectivity index (χ2n) is 5.52. The molecular weight excluding hydrogens is 362 g/mol. The van der Waals surface area contributed by atoms with Crippen LogP contribution >= 0.6 is 23.1 Å². The monoisotopic (exact) mass is 377 g/mol. The number of nitrogens with two attached hydrogens (primary N) is 1. The summed E-state index contributed by atoms with van der Waals surface area (Å²) in [7, 11) is 0. The Hall–Kier alpha value is -2.77. The van der Waals surface area contributed by atoms with Crippen molar-refractivity contribution in [2.45, 2.75) is 4.90 Å². The lowest BCUT2D eigenvalue weighted by Crippen LogP contribution is -1.94. The van der Waals surface area contributed by atoms with Gasteiger partial charge in [0, 0.05) is 51.8 Å². The Morgan fingerprint density at radius 3 is 2.73 bits per heavy atom. The second kappa shape index (κ2) is 7.23. The van der Waals surface area contributed by atoms with Gasteiger partial charge in [0.1, 0.15) is 16.5 Å². The van der Waals surface area contributed by atoms with Gasteiger partial charge in [-0.05, 0) is 30.5 Å². The molecule has 4 heterocycles. The molecule has 0 fully saturated rings. The molecule has 0 aliphatic rings. The van der Waals surface area contributed by atoms with E-state index in [1.54, 1.807) is 35.5 Å². The molecule has 26 heavy (non-hydrogen) atoms. The average Bonchev–Trinajstić information content (AvgIpc) is 3.19. The molecule has 0 aliphatic heterocycles. The molecule has 0 saturated heterocycles. The van der Waals surface area contributed by atoms with Gasteiger partial charge >= 0.3 is 0 Å². The van der Waals surface area contributed by atoms with E-state index < -0.39 is 0 Å². The molecule has 2 N–H and O–H groups in total. The van der Waals surface area contributed by atoms with Gasteiger partial charge in [0.15, 0.2) is 0 Å². The third kappa shape index (κ3) is 3.31. The van der Waals surface area contributed by atoms with Crippen LogP contribution in [0.25, 0.3) is 33.1 Å². The van der Waals surface area contributed by atoms with Crippen molar-refractivity contribution in [3.8, 4) is 33.1 Å². The van der Waals surface area contributed by atoms with E-state index in [4.69, 9.17) is 10.7 Å². The summed E-state index contributed by atoms with van der Waals surface area (Å²) in [5.41, 5.74) is 10.6. The minimum absolute atomic E-state index is 0.465. The zero-order chi connectivity index (χ0) is 17.9. The van der Waals surface area contributed by atoms with Crippen molar-refractivity contribution >= 4 is 28.9 Å². The van der Waals surface area contributed by atoms with E-state index in [1.807, 2.05) is 48.3 Å². The van der Waals surface area contributed by atoms with E-state index in [9.17, 15) is 0 Å². The summed E-state index contributed by atoms with van der Waals surface area (Å²) in [5, 5.41) is 2.89. The van der Waals surface area contributed by atoms with Gasteiger partial charge in [-0.25, -0.2) is 9.97 Å². The van der Waals surface area contributed by atoms with Crippen LogP contribution in [0.3, 0.4) is 0 Å². The van der Waals surface area contributed by atoms with E-state index in [2.05, 4.69) is 21.0 Å². The number of thiazole rings is 1. The highest BCUT2D eigenvalue weighted by molar-refractivity contribution is 7.98. The van der Waals surface area contributed by atoms with Crippen LogP contribution in [0.2, 0.25) is 0 Å². The Morgan fingerprint density at radius 2 is 1.92 bits per heavy atom. The predicted molar refractivity (Wildman–Crippen MR) is 108 cm³/mol. The number of anilines is 1. The Labute approximate surface area is 159 Å². The lowest BCUT2D eigenvalue weighted by molar-refractivity contribution is 1.23. The fraction of sp³-hybridized carbons (Fsp3) is 0.0526. The molecule has 0 spiro atoms. The summed E-state index contributed by atoms with van der Waals surface area (Å²) < 4.78 is 0. The Morgan fingerprint density at radius 1 is 1.00 bits per heavy atom. The number of nitrogen functional groups attached to an aromatic ring is 1. The van der Waals surface area contributed by atoms with Crippen LogP contribution in [0.15, 0.2) is 65.4 Å². The highest BCUT2D eigenvalue weighted by Gasteiger charge is 2.14. The first-order valence-electron chi connectivity index (χ1n) is 7.87. The van der Waals surface area contributed by atoms with Crippen molar-refractivity contribution in [3.63, 3.8) is 0 Å². The van der Waals surface area contributed by atoms with Crippen LogP contribution in [0, 0.1) is 0 Å². The molecule has 0 radical (unpaired) electrons. The largest absolute Gasteiger partial charge is 0.384 e. The van der Waals surface area contributed by atoms with Gasteiger partial charge in [0.05, 0.1) is 5.69 Å². The lowest BCUT2D eigenvalue weighted by Gasteiger charge is -2.09. The number of hydrogen-bond acceptors (Lipinski definition) is 7. The standard InChI is InChI=1S/C19H15N5S2/c1-25-13-6-12(8-21-9-13)15-10-23-18(20)7-14(15)19-24-17(11-26-19)16-4-2-3-5-22-16/h2-11H,1H3,(H2,20,23). The van der Waals surface area contributed by atoms with E-state index in [0.717, 1.165) is 38.0 Å². The van der Waals surface area contributed by atoms with Crippen molar-refractivity contribution in [1.82, 2.24) is 19.9 Å². The molecule has 128 valence electrons. The molecule has 0 aliphatic carbocycles. The van der Waals surface area contributed by atoms with Gasteiger partial charge in [-0.1, -0.05) is 6.07 Å². The van der Waals surface area contributed by atoms with E-state index >= 15 is 0 Å². The molecule has 7 heteroatoms. The van der Waals surface area contributed by atoms with Crippen LogP contribution in [0.1, 0.15) is 0 Å².